The third-order valence-electron chi connectivity index (χ3n) is 2.63. The van der Waals surface area contributed by atoms with Crippen LogP contribution >= 0.6 is 23.7 Å². The summed E-state index contributed by atoms with van der Waals surface area (Å²) in [4.78, 5) is 11.8. The van der Waals surface area contributed by atoms with E-state index < -0.39 is 0 Å². The van der Waals surface area contributed by atoms with Crippen LogP contribution in [-0.4, -0.2) is 28.7 Å². The van der Waals surface area contributed by atoms with Gasteiger partial charge in [0.1, 0.15) is 5.01 Å². The van der Waals surface area contributed by atoms with Gasteiger partial charge >= 0.3 is 0 Å². The Hall–Kier alpha value is -0.720. The largest absolute Gasteiger partial charge is 0.306 e. The van der Waals surface area contributed by atoms with Crippen molar-refractivity contribution in [2.24, 2.45) is 0 Å². The molecular formula is C10H17ClN4OS. The lowest BCUT2D eigenvalue weighted by Crippen LogP contribution is -2.43. The number of piperidine rings is 1. The maximum Gasteiger partial charge on any atom is 0.243 e. The molecule has 0 saturated carbocycles. The van der Waals surface area contributed by atoms with E-state index in [0.29, 0.717) is 5.13 Å². The molecule has 0 aromatic carbocycles. The summed E-state index contributed by atoms with van der Waals surface area (Å²) in [5, 5.41) is 15.5. The Kier molecular flexibility index (Phi) is 5.80. The summed E-state index contributed by atoms with van der Waals surface area (Å²) in [6.45, 7) is 2.95. The molecule has 96 valence electrons. The topological polar surface area (TPSA) is 66.9 Å². The molecule has 2 N–H and O–H groups in total. The molecule has 0 radical (unpaired) electrons. The van der Waals surface area contributed by atoms with Crippen LogP contribution in [0, 0.1) is 0 Å². The summed E-state index contributed by atoms with van der Waals surface area (Å²) < 4.78 is 0. The number of hydrogen-bond acceptors (Lipinski definition) is 5. The molecule has 17 heavy (non-hydrogen) atoms. The molecule has 1 atom stereocenters. The number of amides is 1. The molecule has 1 saturated heterocycles. The fourth-order valence-electron chi connectivity index (χ4n) is 1.72. The highest BCUT2D eigenvalue weighted by Gasteiger charge is 2.21. The van der Waals surface area contributed by atoms with Gasteiger partial charge in [-0.05, 0) is 25.8 Å². The van der Waals surface area contributed by atoms with Crippen LogP contribution in [0.5, 0.6) is 0 Å². The first kappa shape index (κ1) is 14.3. The third-order valence-corrected chi connectivity index (χ3v) is 3.61. The Labute approximate surface area is 111 Å². The summed E-state index contributed by atoms with van der Waals surface area (Å²) in [7, 11) is 0. The van der Waals surface area contributed by atoms with Crippen LogP contribution in [0.25, 0.3) is 0 Å². The summed E-state index contributed by atoms with van der Waals surface area (Å²) in [5.41, 5.74) is 0. The molecule has 0 bridgehead atoms. The average molecular weight is 277 g/mol. The Balaban J connectivity index is 0.00000144. The number of aryl methyl sites for hydroxylation is 1. The van der Waals surface area contributed by atoms with Gasteiger partial charge in [0, 0.05) is 0 Å². The molecular weight excluding hydrogens is 260 g/mol. The molecule has 2 heterocycles. The Morgan fingerprint density at radius 1 is 1.53 bits per heavy atom. The monoisotopic (exact) mass is 276 g/mol. The van der Waals surface area contributed by atoms with Crippen LogP contribution in [0.1, 0.15) is 31.2 Å². The van der Waals surface area contributed by atoms with E-state index >= 15 is 0 Å². The Morgan fingerprint density at radius 2 is 2.35 bits per heavy atom. The van der Waals surface area contributed by atoms with Crippen molar-refractivity contribution in [1.82, 2.24) is 15.5 Å². The van der Waals surface area contributed by atoms with Crippen LogP contribution in [0.3, 0.4) is 0 Å². The second-order valence-electron chi connectivity index (χ2n) is 3.85. The average Bonchev–Trinajstić information content (AvgIpc) is 2.78. The van der Waals surface area contributed by atoms with Crippen molar-refractivity contribution in [2.45, 2.75) is 38.6 Å². The van der Waals surface area contributed by atoms with Crippen molar-refractivity contribution in [2.75, 3.05) is 11.9 Å². The SMILES string of the molecule is CCc1nnc(NC(=O)[C@@H]2CCCCN2)s1.Cl. The molecule has 7 heteroatoms. The molecule has 1 aliphatic rings. The maximum atomic E-state index is 11.8. The zero-order chi connectivity index (χ0) is 11.4. The summed E-state index contributed by atoms with van der Waals surface area (Å²) in [5.74, 6) is 0.0125. The predicted molar refractivity (Wildman–Crippen MR) is 70.8 cm³/mol. The van der Waals surface area contributed by atoms with Crippen molar-refractivity contribution >= 4 is 34.8 Å². The quantitative estimate of drug-likeness (QED) is 0.880. The smallest absolute Gasteiger partial charge is 0.243 e. The number of carbonyl (C=O) groups excluding carboxylic acids is 1. The number of nitrogens with one attached hydrogen (secondary N) is 2. The van der Waals surface area contributed by atoms with E-state index in [1.165, 1.54) is 11.3 Å². The van der Waals surface area contributed by atoms with Crippen LogP contribution in [-0.2, 0) is 11.2 Å². The van der Waals surface area contributed by atoms with Gasteiger partial charge in [-0.2, -0.15) is 0 Å². The number of nitrogens with zero attached hydrogens (tertiary/aromatic N) is 2. The number of hydrogen-bond donors (Lipinski definition) is 2. The minimum atomic E-state index is -0.0669. The van der Waals surface area contributed by atoms with Gasteiger partial charge in [0.05, 0.1) is 6.04 Å². The van der Waals surface area contributed by atoms with Gasteiger partial charge in [-0.3, -0.25) is 10.1 Å². The number of aromatic nitrogens is 2. The maximum absolute atomic E-state index is 11.8. The first-order chi connectivity index (χ1) is 7.79. The van der Waals surface area contributed by atoms with Crippen molar-refractivity contribution in [3.05, 3.63) is 5.01 Å². The molecule has 1 aromatic heterocycles. The predicted octanol–water partition coefficient (Wildman–Crippen LogP) is 1.60. The lowest BCUT2D eigenvalue weighted by atomic mass is 10.0. The molecule has 1 aromatic rings. The van der Waals surface area contributed by atoms with E-state index in [2.05, 4.69) is 20.8 Å². The van der Waals surface area contributed by atoms with Crippen molar-refractivity contribution in [3.63, 3.8) is 0 Å². The zero-order valence-electron chi connectivity index (χ0n) is 9.73. The van der Waals surface area contributed by atoms with Crippen molar-refractivity contribution < 1.29 is 4.79 Å². The Bertz CT molecular complexity index is 365. The first-order valence-corrected chi connectivity index (χ1v) is 6.48. The third kappa shape index (κ3) is 3.90. The highest BCUT2D eigenvalue weighted by atomic mass is 35.5. The molecule has 2 rings (SSSR count). The first-order valence-electron chi connectivity index (χ1n) is 5.66. The molecule has 1 fully saturated rings. The van der Waals surface area contributed by atoms with E-state index in [4.69, 9.17) is 0 Å². The van der Waals surface area contributed by atoms with Gasteiger partial charge in [0.2, 0.25) is 11.0 Å². The number of carbonyl (C=O) groups is 1. The van der Waals surface area contributed by atoms with Crippen molar-refractivity contribution in [1.29, 1.82) is 0 Å². The number of halogens is 1. The van der Waals surface area contributed by atoms with Crippen LogP contribution in [0.4, 0.5) is 5.13 Å². The van der Waals surface area contributed by atoms with Crippen molar-refractivity contribution in [3.8, 4) is 0 Å². The molecule has 1 amide bonds. The van der Waals surface area contributed by atoms with Gasteiger partial charge in [0.25, 0.3) is 0 Å². The standard InChI is InChI=1S/C10H16N4OS.ClH/c1-2-8-13-14-10(16-8)12-9(15)7-5-3-4-6-11-7;/h7,11H,2-6H2,1H3,(H,12,14,15);1H/t7-;/m0./s1. The second kappa shape index (κ2) is 6.88. The van der Waals surface area contributed by atoms with Gasteiger partial charge in [-0.1, -0.05) is 24.7 Å². The highest BCUT2D eigenvalue weighted by Crippen LogP contribution is 2.16. The van der Waals surface area contributed by atoms with Gasteiger partial charge in [0.15, 0.2) is 0 Å². The zero-order valence-corrected chi connectivity index (χ0v) is 11.4. The molecule has 0 spiro atoms. The molecule has 0 aliphatic carbocycles. The normalized spacial score (nSPS) is 19.5. The van der Waals surface area contributed by atoms with Gasteiger partial charge in [-0.25, -0.2) is 0 Å². The number of rotatable bonds is 3. The summed E-state index contributed by atoms with van der Waals surface area (Å²) >= 11 is 1.44. The van der Waals surface area contributed by atoms with Gasteiger partial charge in [-0.15, -0.1) is 22.6 Å². The Morgan fingerprint density at radius 3 is 2.94 bits per heavy atom. The second-order valence-corrected chi connectivity index (χ2v) is 4.91. The number of anilines is 1. The summed E-state index contributed by atoms with van der Waals surface area (Å²) in [6.07, 6.45) is 4.03. The van der Waals surface area contributed by atoms with E-state index in [1.54, 1.807) is 0 Å². The lowest BCUT2D eigenvalue weighted by Gasteiger charge is -2.21. The minimum Gasteiger partial charge on any atom is -0.306 e. The lowest BCUT2D eigenvalue weighted by molar-refractivity contribution is -0.118. The van der Waals surface area contributed by atoms with Crippen LogP contribution < -0.4 is 10.6 Å². The van der Waals surface area contributed by atoms with E-state index in [0.717, 1.165) is 37.2 Å². The molecule has 5 nitrogen and oxygen atoms in total. The van der Waals surface area contributed by atoms with Crippen LogP contribution in [0.2, 0.25) is 0 Å². The van der Waals surface area contributed by atoms with E-state index in [1.807, 2.05) is 6.92 Å². The van der Waals surface area contributed by atoms with E-state index in [-0.39, 0.29) is 24.4 Å². The summed E-state index contributed by atoms with van der Waals surface area (Å²) in [6, 6.07) is -0.0669. The minimum absolute atomic E-state index is 0. The molecule has 0 unspecified atom stereocenters. The van der Waals surface area contributed by atoms with Crippen LogP contribution in [0.15, 0.2) is 0 Å². The molecule has 1 aliphatic heterocycles. The fourth-order valence-corrected chi connectivity index (χ4v) is 2.40. The highest BCUT2D eigenvalue weighted by molar-refractivity contribution is 7.15. The van der Waals surface area contributed by atoms with Gasteiger partial charge < -0.3 is 5.32 Å². The fraction of sp³-hybridized carbons (Fsp3) is 0.700. The van der Waals surface area contributed by atoms with E-state index in [9.17, 15) is 4.79 Å².